The summed E-state index contributed by atoms with van der Waals surface area (Å²) in [5.41, 5.74) is 2.84. The highest BCUT2D eigenvalue weighted by atomic mass is 127. The van der Waals surface area contributed by atoms with Gasteiger partial charge in [-0.3, -0.25) is 0 Å². The van der Waals surface area contributed by atoms with E-state index in [0.717, 1.165) is 33.6 Å². The lowest BCUT2D eigenvalue weighted by Gasteiger charge is -2.08. The predicted molar refractivity (Wildman–Crippen MR) is 103 cm³/mol. The molecule has 0 atom stereocenters. The zero-order valence-electron chi connectivity index (χ0n) is 12.7. The van der Waals surface area contributed by atoms with E-state index in [9.17, 15) is 0 Å². The van der Waals surface area contributed by atoms with Crippen molar-refractivity contribution in [3.05, 3.63) is 51.4 Å². The van der Waals surface area contributed by atoms with Crippen LogP contribution in [0.1, 0.15) is 0 Å². The SMILES string of the molecule is COc1ccc(-c2csc(Nc3ccc(I)cc3)n2)c(OC)c1. The zero-order valence-corrected chi connectivity index (χ0v) is 15.6. The molecule has 1 heterocycles. The van der Waals surface area contributed by atoms with E-state index in [1.54, 1.807) is 25.6 Å². The normalized spacial score (nSPS) is 10.4. The average molecular weight is 438 g/mol. The van der Waals surface area contributed by atoms with E-state index in [-0.39, 0.29) is 0 Å². The fourth-order valence-electron chi connectivity index (χ4n) is 2.12. The van der Waals surface area contributed by atoms with E-state index < -0.39 is 0 Å². The van der Waals surface area contributed by atoms with Crippen LogP contribution in [0.2, 0.25) is 0 Å². The maximum atomic E-state index is 5.45. The molecule has 1 aromatic heterocycles. The molecule has 2 aromatic carbocycles. The van der Waals surface area contributed by atoms with Crippen molar-refractivity contribution in [2.45, 2.75) is 0 Å². The van der Waals surface area contributed by atoms with Crippen molar-refractivity contribution >= 4 is 44.7 Å². The molecule has 4 nitrogen and oxygen atoms in total. The second-order valence-corrected chi connectivity index (χ2v) is 6.84. The lowest BCUT2D eigenvalue weighted by Crippen LogP contribution is -1.92. The first-order chi connectivity index (χ1) is 11.2. The fraction of sp³-hybridized carbons (Fsp3) is 0.118. The van der Waals surface area contributed by atoms with Gasteiger partial charge in [0, 0.05) is 26.3 Å². The molecule has 1 N–H and O–H groups in total. The van der Waals surface area contributed by atoms with Crippen LogP contribution in [0.4, 0.5) is 10.8 Å². The van der Waals surface area contributed by atoms with E-state index in [0.29, 0.717) is 0 Å². The summed E-state index contributed by atoms with van der Waals surface area (Å²) in [7, 11) is 3.29. The third kappa shape index (κ3) is 3.76. The third-order valence-electron chi connectivity index (χ3n) is 3.28. The molecule has 0 fully saturated rings. The number of rotatable bonds is 5. The van der Waals surface area contributed by atoms with Crippen LogP contribution in [0.15, 0.2) is 47.8 Å². The molecular formula is C17H15IN2O2S. The second kappa shape index (κ2) is 7.18. The van der Waals surface area contributed by atoms with Gasteiger partial charge in [0.2, 0.25) is 0 Å². The van der Waals surface area contributed by atoms with Gasteiger partial charge in [0.1, 0.15) is 11.5 Å². The van der Waals surface area contributed by atoms with Crippen LogP contribution in [-0.2, 0) is 0 Å². The van der Waals surface area contributed by atoms with E-state index >= 15 is 0 Å². The van der Waals surface area contributed by atoms with Gasteiger partial charge in [-0.25, -0.2) is 4.98 Å². The summed E-state index contributed by atoms with van der Waals surface area (Å²) in [6, 6.07) is 13.9. The minimum Gasteiger partial charge on any atom is -0.497 e. The molecule has 0 spiro atoms. The van der Waals surface area contributed by atoms with Gasteiger partial charge >= 0.3 is 0 Å². The second-order valence-electron chi connectivity index (χ2n) is 4.74. The lowest BCUT2D eigenvalue weighted by atomic mass is 10.1. The van der Waals surface area contributed by atoms with Gasteiger partial charge in [0.15, 0.2) is 5.13 Å². The minimum absolute atomic E-state index is 0.746. The van der Waals surface area contributed by atoms with Gasteiger partial charge < -0.3 is 14.8 Å². The smallest absolute Gasteiger partial charge is 0.187 e. The highest BCUT2D eigenvalue weighted by Crippen LogP contribution is 2.35. The molecule has 0 aliphatic carbocycles. The number of hydrogen-bond donors (Lipinski definition) is 1. The number of hydrogen-bond acceptors (Lipinski definition) is 5. The minimum atomic E-state index is 0.746. The summed E-state index contributed by atoms with van der Waals surface area (Å²) in [6.07, 6.45) is 0. The molecule has 0 unspecified atom stereocenters. The molecule has 3 rings (SSSR count). The van der Waals surface area contributed by atoms with Gasteiger partial charge in [-0.05, 0) is 59.0 Å². The molecule has 0 saturated carbocycles. The molecule has 0 amide bonds. The molecule has 0 saturated heterocycles. The van der Waals surface area contributed by atoms with Crippen LogP contribution < -0.4 is 14.8 Å². The number of methoxy groups -OCH3 is 2. The number of aromatic nitrogens is 1. The quantitative estimate of drug-likeness (QED) is 0.558. The van der Waals surface area contributed by atoms with E-state index in [2.05, 4.69) is 45.0 Å². The Bertz CT molecular complexity index is 803. The summed E-state index contributed by atoms with van der Waals surface area (Å²) in [6.45, 7) is 0. The van der Waals surface area contributed by atoms with Crippen LogP contribution in [0.25, 0.3) is 11.3 Å². The summed E-state index contributed by atoms with van der Waals surface area (Å²) in [5.74, 6) is 1.51. The number of nitrogens with zero attached hydrogens (tertiary/aromatic N) is 1. The van der Waals surface area contributed by atoms with Gasteiger partial charge in [-0.15, -0.1) is 11.3 Å². The van der Waals surface area contributed by atoms with Crippen molar-refractivity contribution in [1.29, 1.82) is 0 Å². The Kier molecular flexibility index (Phi) is 5.02. The Balaban J connectivity index is 1.85. The topological polar surface area (TPSA) is 43.4 Å². The van der Waals surface area contributed by atoms with Crippen molar-refractivity contribution in [2.24, 2.45) is 0 Å². The number of nitrogens with one attached hydrogen (secondary N) is 1. The van der Waals surface area contributed by atoms with Crippen LogP contribution in [-0.4, -0.2) is 19.2 Å². The van der Waals surface area contributed by atoms with Crippen LogP contribution in [0.5, 0.6) is 11.5 Å². The van der Waals surface area contributed by atoms with Crippen molar-refractivity contribution in [1.82, 2.24) is 4.98 Å². The Hall–Kier alpha value is -1.80. The summed E-state index contributed by atoms with van der Waals surface area (Å²) >= 11 is 3.85. The first kappa shape index (κ1) is 16.1. The van der Waals surface area contributed by atoms with Gasteiger partial charge in [-0.2, -0.15) is 0 Å². The molecule has 6 heteroatoms. The van der Waals surface area contributed by atoms with E-state index in [1.807, 2.05) is 35.7 Å². The molecule has 0 radical (unpaired) electrons. The maximum absolute atomic E-state index is 5.45. The molecule has 0 aliphatic rings. The van der Waals surface area contributed by atoms with Gasteiger partial charge in [0.05, 0.1) is 19.9 Å². The molecule has 23 heavy (non-hydrogen) atoms. The molecule has 3 aromatic rings. The Morgan fingerprint density at radius 2 is 1.83 bits per heavy atom. The van der Waals surface area contributed by atoms with Crippen molar-refractivity contribution < 1.29 is 9.47 Å². The lowest BCUT2D eigenvalue weighted by molar-refractivity contribution is 0.395. The highest BCUT2D eigenvalue weighted by Gasteiger charge is 2.11. The Morgan fingerprint density at radius 1 is 1.04 bits per heavy atom. The van der Waals surface area contributed by atoms with Crippen molar-refractivity contribution in [3.8, 4) is 22.8 Å². The van der Waals surface area contributed by atoms with Gasteiger partial charge in [-0.1, -0.05) is 0 Å². The average Bonchev–Trinajstić information content (AvgIpc) is 3.04. The largest absolute Gasteiger partial charge is 0.497 e. The molecule has 0 bridgehead atoms. The zero-order chi connectivity index (χ0) is 16.2. The van der Waals surface area contributed by atoms with Crippen LogP contribution >= 0.6 is 33.9 Å². The molecular weight excluding hydrogens is 423 g/mol. The van der Waals surface area contributed by atoms with Crippen molar-refractivity contribution in [3.63, 3.8) is 0 Å². The summed E-state index contributed by atoms with van der Waals surface area (Å²) < 4.78 is 11.9. The number of anilines is 2. The number of benzene rings is 2. The summed E-state index contributed by atoms with van der Waals surface area (Å²) in [5, 5.41) is 6.18. The van der Waals surface area contributed by atoms with Gasteiger partial charge in [0.25, 0.3) is 0 Å². The Labute approximate surface area is 152 Å². The van der Waals surface area contributed by atoms with Crippen LogP contribution in [0, 0.1) is 3.57 Å². The Morgan fingerprint density at radius 3 is 2.52 bits per heavy atom. The van der Waals surface area contributed by atoms with E-state index in [1.165, 1.54) is 3.57 Å². The maximum Gasteiger partial charge on any atom is 0.187 e. The van der Waals surface area contributed by atoms with E-state index in [4.69, 9.17) is 9.47 Å². The first-order valence-electron chi connectivity index (χ1n) is 6.90. The van der Waals surface area contributed by atoms with Crippen LogP contribution in [0.3, 0.4) is 0 Å². The molecule has 0 aliphatic heterocycles. The molecule has 118 valence electrons. The number of ether oxygens (including phenoxy) is 2. The highest BCUT2D eigenvalue weighted by molar-refractivity contribution is 14.1. The monoisotopic (exact) mass is 438 g/mol. The van der Waals surface area contributed by atoms with Crippen molar-refractivity contribution in [2.75, 3.05) is 19.5 Å². The fourth-order valence-corrected chi connectivity index (χ4v) is 3.21. The number of halogens is 1. The standard InChI is InChI=1S/C17H15IN2O2S/c1-21-13-7-8-14(16(9-13)22-2)15-10-23-17(20-15)19-12-5-3-11(18)4-6-12/h3-10H,1-2H3,(H,19,20). The summed E-state index contributed by atoms with van der Waals surface area (Å²) in [4.78, 5) is 4.65. The predicted octanol–water partition coefficient (Wildman–Crippen LogP) is 5.18. The first-order valence-corrected chi connectivity index (χ1v) is 8.86. The third-order valence-corrected chi connectivity index (χ3v) is 4.76. The number of thiazole rings is 1.